The molecule has 2 aromatic heterocycles. The Hall–Kier alpha value is -1.77. The van der Waals surface area contributed by atoms with E-state index in [9.17, 15) is 15.0 Å². The number of nitrogens with zero attached hydrogens (tertiary/aromatic N) is 3. The molecule has 2 heterocycles. The van der Waals surface area contributed by atoms with Crippen LogP contribution in [0.4, 0.5) is 5.82 Å². The summed E-state index contributed by atoms with van der Waals surface area (Å²) < 4.78 is 5.30. The SMILES string of the molecule is Cc1nc(N(CCO)CCO)c2c(C)c(C(=O)OC(C)C)sc2n1. The molecule has 132 valence electrons. The second-order valence-electron chi connectivity index (χ2n) is 5.72. The smallest absolute Gasteiger partial charge is 0.348 e. The molecule has 7 nitrogen and oxygen atoms in total. The first-order valence-electron chi connectivity index (χ1n) is 7.84. The van der Waals surface area contributed by atoms with Gasteiger partial charge in [0.05, 0.1) is 24.7 Å². The Bertz CT molecular complexity index is 724. The van der Waals surface area contributed by atoms with Crippen molar-refractivity contribution in [2.24, 2.45) is 0 Å². The lowest BCUT2D eigenvalue weighted by molar-refractivity contribution is 0.0383. The minimum atomic E-state index is -0.370. The molecule has 0 radical (unpaired) electrons. The highest BCUT2D eigenvalue weighted by molar-refractivity contribution is 7.20. The Morgan fingerprint density at radius 1 is 1.21 bits per heavy atom. The van der Waals surface area contributed by atoms with E-state index in [0.29, 0.717) is 34.4 Å². The maximum absolute atomic E-state index is 12.3. The number of carbonyl (C=O) groups excluding carboxylic acids is 1. The third-order valence-corrected chi connectivity index (χ3v) is 4.62. The molecule has 0 unspecified atom stereocenters. The van der Waals surface area contributed by atoms with E-state index in [2.05, 4.69) is 9.97 Å². The third-order valence-electron chi connectivity index (χ3n) is 3.45. The van der Waals surface area contributed by atoms with Crippen LogP contribution in [0.15, 0.2) is 0 Å². The van der Waals surface area contributed by atoms with Gasteiger partial charge in [0.25, 0.3) is 0 Å². The number of aryl methyl sites for hydroxylation is 2. The fourth-order valence-electron chi connectivity index (χ4n) is 2.48. The highest BCUT2D eigenvalue weighted by Gasteiger charge is 2.23. The molecular weight excluding hydrogens is 330 g/mol. The first-order valence-corrected chi connectivity index (χ1v) is 8.66. The Balaban J connectivity index is 2.59. The van der Waals surface area contributed by atoms with Crippen LogP contribution in [0.2, 0.25) is 0 Å². The number of hydrogen-bond donors (Lipinski definition) is 2. The van der Waals surface area contributed by atoms with Gasteiger partial charge in [0, 0.05) is 13.1 Å². The van der Waals surface area contributed by atoms with E-state index in [1.54, 1.807) is 25.7 Å². The topological polar surface area (TPSA) is 95.8 Å². The molecule has 8 heteroatoms. The van der Waals surface area contributed by atoms with Gasteiger partial charge in [0.2, 0.25) is 0 Å². The van der Waals surface area contributed by atoms with Crippen LogP contribution < -0.4 is 4.90 Å². The largest absolute Gasteiger partial charge is 0.459 e. The zero-order chi connectivity index (χ0) is 17.9. The fraction of sp³-hybridized carbons (Fsp3) is 0.562. The standard InChI is InChI=1S/C16H23N3O4S/c1-9(2)23-16(22)13-10(3)12-14(19(5-7-20)6-8-21)17-11(4)18-15(12)24-13/h9,20-21H,5-8H2,1-4H3. The van der Waals surface area contributed by atoms with E-state index in [1.165, 1.54) is 11.3 Å². The van der Waals surface area contributed by atoms with E-state index in [1.807, 2.05) is 6.92 Å². The molecule has 0 saturated carbocycles. The van der Waals surface area contributed by atoms with E-state index in [0.717, 1.165) is 10.9 Å². The summed E-state index contributed by atoms with van der Waals surface area (Å²) in [5, 5.41) is 19.3. The van der Waals surface area contributed by atoms with Crippen molar-refractivity contribution in [3.8, 4) is 0 Å². The number of aromatic nitrogens is 2. The van der Waals surface area contributed by atoms with Crippen LogP contribution in [-0.4, -0.2) is 58.6 Å². The molecule has 0 aliphatic heterocycles. The van der Waals surface area contributed by atoms with Gasteiger partial charge in [0.1, 0.15) is 21.3 Å². The molecule has 2 aromatic rings. The van der Waals surface area contributed by atoms with Gasteiger partial charge in [-0.25, -0.2) is 14.8 Å². The third kappa shape index (κ3) is 3.82. The van der Waals surface area contributed by atoms with Crippen LogP contribution in [0, 0.1) is 13.8 Å². The molecule has 0 aromatic carbocycles. The molecule has 0 fully saturated rings. The molecule has 24 heavy (non-hydrogen) atoms. The van der Waals surface area contributed by atoms with Crippen molar-refractivity contribution in [2.45, 2.75) is 33.8 Å². The van der Waals surface area contributed by atoms with Gasteiger partial charge in [-0.05, 0) is 33.3 Å². The quantitative estimate of drug-likeness (QED) is 0.731. The van der Waals surface area contributed by atoms with Crippen molar-refractivity contribution in [3.05, 3.63) is 16.3 Å². The molecule has 0 aliphatic carbocycles. The number of anilines is 1. The maximum Gasteiger partial charge on any atom is 0.348 e. The fourth-order valence-corrected chi connectivity index (χ4v) is 3.58. The number of aliphatic hydroxyl groups is 2. The molecule has 0 atom stereocenters. The molecule has 0 bridgehead atoms. The lowest BCUT2D eigenvalue weighted by Gasteiger charge is -2.23. The summed E-state index contributed by atoms with van der Waals surface area (Å²) in [6.45, 7) is 7.79. The van der Waals surface area contributed by atoms with Gasteiger partial charge in [-0.2, -0.15) is 0 Å². The Morgan fingerprint density at radius 3 is 2.38 bits per heavy atom. The summed E-state index contributed by atoms with van der Waals surface area (Å²) in [6, 6.07) is 0. The summed E-state index contributed by atoms with van der Waals surface area (Å²) in [4.78, 5) is 24.2. The number of fused-ring (bicyclic) bond motifs is 1. The van der Waals surface area contributed by atoms with Gasteiger partial charge in [-0.1, -0.05) is 0 Å². The summed E-state index contributed by atoms with van der Waals surface area (Å²) in [6.07, 6.45) is -0.199. The highest BCUT2D eigenvalue weighted by Crippen LogP contribution is 2.35. The molecule has 2 rings (SSSR count). The van der Waals surface area contributed by atoms with Gasteiger partial charge in [-0.15, -0.1) is 11.3 Å². The lowest BCUT2D eigenvalue weighted by atomic mass is 10.2. The average molecular weight is 353 g/mol. The first kappa shape index (κ1) is 18.6. The van der Waals surface area contributed by atoms with E-state index < -0.39 is 0 Å². The van der Waals surface area contributed by atoms with Gasteiger partial charge < -0.3 is 19.8 Å². The lowest BCUT2D eigenvalue weighted by Crippen LogP contribution is -2.31. The van der Waals surface area contributed by atoms with Crippen LogP contribution in [0.5, 0.6) is 0 Å². The van der Waals surface area contributed by atoms with Crippen LogP contribution in [0.1, 0.15) is 34.9 Å². The number of aliphatic hydroxyl groups excluding tert-OH is 2. The monoisotopic (exact) mass is 353 g/mol. The molecule has 0 spiro atoms. The predicted octanol–water partition coefficient (Wildman–Crippen LogP) is 1.66. The summed E-state index contributed by atoms with van der Waals surface area (Å²) in [7, 11) is 0. The number of thiophene rings is 1. The normalized spacial score (nSPS) is 11.3. The van der Waals surface area contributed by atoms with Crippen LogP contribution in [-0.2, 0) is 4.74 Å². The minimum Gasteiger partial charge on any atom is -0.459 e. The molecule has 0 amide bonds. The van der Waals surface area contributed by atoms with Crippen LogP contribution >= 0.6 is 11.3 Å². The first-order chi connectivity index (χ1) is 11.4. The van der Waals surface area contributed by atoms with Crippen molar-refractivity contribution in [3.63, 3.8) is 0 Å². The minimum absolute atomic E-state index is 0.0595. The summed E-state index contributed by atoms with van der Waals surface area (Å²) in [5.41, 5.74) is 0.761. The maximum atomic E-state index is 12.3. The molecule has 0 aliphatic rings. The van der Waals surface area contributed by atoms with Crippen molar-refractivity contribution in [1.29, 1.82) is 0 Å². The van der Waals surface area contributed by atoms with Crippen molar-refractivity contribution in [2.75, 3.05) is 31.2 Å². The molecule has 2 N–H and O–H groups in total. The zero-order valence-corrected chi connectivity index (χ0v) is 15.2. The zero-order valence-electron chi connectivity index (χ0n) is 14.4. The number of esters is 1. The van der Waals surface area contributed by atoms with E-state index in [-0.39, 0.29) is 25.3 Å². The van der Waals surface area contributed by atoms with Crippen LogP contribution in [0.25, 0.3) is 10.2 Å². The van der Waals surface area contributed by atoms with Crippen molar-refractivity contribution >= 4 is 33.3 Å². The molecular formula is C16H23N3O4S. The number of carbonyl (C=O) groups is 1. The van der Waals surface area contributed by atoms with E-state index in [4.69, 9.17) is 4.74 Å². The van der Waals surface area contributed by atoms with Crippen molar-refractivity contribution < 1.29 is 19.7 Å². The average Bonchev–Trinajstić information content (AvgIpc) is 2.82. The Labute approximate surface area is 144 Å². The number of rotatable bonds is 7. The van der Waals surface area contributed by atoms with Crippen LogP contribution in [0.3, 0.4) is 0 Å². The second-order valence-corrected chi connectivity index (χ2v) is 6.72. The van der Waals surface area contributed by atoms with E-state index >= 15 is 0 Å². The number of ether oxygens (including phenoxy) is 1. The van der Waals surface area contributed by atoms with Crippen molar-refractivity contribution in [1.82, 2.24) is 9.97 Å². The predicted molar refractivity (Wildman–Crippen MR) is 93.8 cm³/mol. The Morgan fingerprint density at radius 2 is 1.83 bits per heavy atom. The highest BCUT2D eigenvalue weighted by atomic mass is 32.1. The molecule has 0 saturated heterocycles. The van der Waals surface area contributed by atoms with Gasteiger partial charge in [0.15, 0.2) is 0 Å². The Kier molecular flexibility index (Phi) is 6.09. The summed E-state index contributed by atoms with van der Waals surface area (Å²) >= 11 is 1.28. The summed E-state index contributed by atoms with van der Waals surface area (Å²) in [5.74, 6) is 0.825. The van der Waals surface area contributed by atoms with Gasteiger partial charge >= 0.3 is 5.97 Å². The number of hydrogen-bond acceptors (Lipinski definition) is 8. The second kappa shape index (κ2) is 7.87. The van der Waals surface area contributed by atoms with Gasteiger partial charge in [-0.3, -0.25) is 0 Å².